The van der Waals surface area contributed by atoms with Crippen molar-refractivity contribution in [2.45, 2.75) is 6.54 Å². The van der Waals surface area contributed by atoms with Gasteiger partial charge in [0.2, 0.25) is 5.89 Å². The highest BCUT2D eigenvalue weighted by Crippen LogP contribution is 1.99. The van der Waals surface area contributed by atoms with Gasteiger partial charge in [-0.3, -0.25) is 4.90 Å². The highest BCUT2D eigenvalue weighted by Gasteiger charge is 2.08. The quantitative estimate of drug-likeness (QED) is 0.642. The zero-order valence-electron chi connectivity index (χ0n) is 8.22. The van der Waals surface area contributed by atoms with E-state index in [1.165, 1.54) is 6.33 Å². The minimum absolute atomic E-state index is 0.109. The zero-order chi connectivity index (χ0) is 10.2. The Labute approximate surface area is 82.5 Å². The fourth-order valence-electron chi connectivity index (χ4n) is 1.09. The third-order valence-corrected chi connectivity index (χ3v) is 1.79. The topological polar surface area (TPSA) is 71.6 Å². The van der Waals surface area contributed by atoms with Crippen molar-refractivity contribution >= 4 is 0 Å². The van der Waals surface area contributed by atoms with Gasteiger partial charge in [-0.15, -0.1) is 0 Å². The van der Waals surface area contributed by atoms with E-state index >= 15 is 0 Å². The van der Waals surface area contributed by atoms with Crippen LogP contribution in [-0.4, -0.2) is 53.6 Å². The van der Waals surface area contributed by atoms with E-state index in [9.17, 15) is 0 Å². The molecule has 0 aliphatic heterocycles. The van der Waals surface area contributed by atoms with Gasteiger partial charge in [0.05, 0.1) is 19.8 Å². The maximum Gasteiger partial charge on any atom is 0.240 e. The van der Waals surface area contributed by atoms with E-state index in [2.05, 4.69) is 10.1 Å². The number of nitrogens with zero attached hydrogens (tertiary/aromatic N) is 3. The Bertz CT molecular complexity index is 228. The van der Waals surface area contributed by atoms with Crippen molar-refractivity contribution in [3.63, 3.8) is 0 Å². The van der Waals surface area contributed by atoms with Gasteiger partial charge in [0, 0.05) is 20.2 Å². The molecule has 80 valence electrons. The smallest absolute Gasteiger partial charge is 0.240 e. The number of methoxy groups -OCH3 is 1. The van der Waals surface area contributed by atoms with Crippen molar-refractivity contribution in [2.75, 3.05) is 33.4 Å². The molecule has 1 aromatic heterocycles. The second kappa shape index (κ2) is 6.47. The summed E-state index contributed by atoms with van der Waals surface area (Å²) in [6.07, 6.45) is 1.36. The van der Waals surface area contributed by atoms with Gasteiger partial charge in [0.15, 0.2) is 6.33 Å². The van der Waals surface area contributed by atoms with Crippen LogP contribution in [0.25, 0.3) is 0 Å². The Morgan fingerprint density at radius 1 is 1.57 bits per heavy atom. The number of rotatable bonds is 7. The average Bonchev–Trinajstić information content (AvgIpc) is 2.67. The van der Waals surface area contributed by atoms with Crippen LogP contribution < -0.4 is 0 Å². The summed E-state index contributed by atoms with van der Waals surface area (Å²) in [5, 5.41) is 12.3. The molecule has 0 radical (unpaired) electrons. The predicted octanol–water partition coefficient (Wildman–Crippen LogP) is -0.490. The summed E-state index contributed by atoms with van der Waals surface area (Å²) in [4.78, 5) is 5.89. The first-order valence-electron chi connectivity index (χ1n) is 4.44. The van der Waals surface area contributed by atoms with E-state index < -0.39 is 0 Å². The molecule has 6 heteroatoms. The summed E-state index contributed by atoms with van der Waals surface area (Å²) in [7, 11) is 1.64. The minimum atomic E-state index is 0.109. The Morgan fingerprint density at radius 2 is 2.43 bits per heavy atom. The Hall–Kier alpha value is -0.980. The maximum absolute atomic E-state index is 8.82. The van der Waals surface area contributed by atoms with Crippen LogP contribution in [0.5, 0.6) is 0 Å². The third-order valence-electron chi connectivity index (χ3n) is 1.79. The molecule has 0 spiro atoms. The number of hydrogen-bond donors (Lipinski definition) is 1. The van der Waals surface area contributed by atoms with E-state index in [0.29, 0.717) is 25.6 Å². The molecule has 1 heterocycles. The predicted molar refractivity (Wildman–Crippen MR) is 48.5 cm³/mol. The molecule has 0 aliphatic rings. The van der Waals surface area contributed by atoms with Crippen LogP contribution in [0.15, 0.2) is 10.9 Å². The largest absolute Gasteiger partial charge is 0.395 e. The lowest BCUT2D eigenvalue weighted by molar-refractivity contribution is 0.118. The zero-order valence-corrected chi connectivity index (χ0v) is 8.22. The van der Waals surface area contributed by atoms with Gasteiger partial charge < -0.3 is 14.4 Å². The van der Waals surface area contributed by atoms with Crippen LogP contribution in [0.4, 0.5) is 0 Å². The van der Waals surface area contributed by atoms with Crippen LogP contribution in [0.3, 0.4) is 0 Å². The van der Waals surface area contributed by atoms with E-state index in [4.69, 9.17) is 14.4 Å². The molecule has 0 aliphatic carbocycles. The molecule has 1 N–H and O–H groups in total. The highest BCUT2D eigenvalue weighted by molar-refractivity contribution is 4.74. The van der Waals surface area contributed by atoms with Crippen molar-refractivity contribution < 1.29 is 14.4 Å². The molecule has 6 nitrogen and oxygen atoms in total. The molecule has 0 bridgehead atoms. The van der Waals surface area contributed by atoms with Crippen LogP contribution in [0.2, 0.25) is 0 Å². The standard InChI is InChI=1S/C8H15N3O3/c1-13-5-3-11(2-4-12)6-8-9-7-10-14-8/h7,12H,2-6H2,1H3. The summed E-state index contributed by atoms with van der Waals surface area (Å²) in [5.74, 6) is 0.551. The lowest BCUT2D eigenvalue weighted by Gasteiger charge is -2.18. The minimum Gasteiger partial charge on any atom is -0.395 e. The summed E-state index contributed by atoms with van der Waals surface area (Å²) >= 11 is 0. The lowest BCUT2D eigenvalue weighted by Crippen LogP contribution is -2.29. The average molecular weight is 201 g/mol. The fourth-order valence-corrected chi connectivity index (χ4v) is 1.09. The van der Waals surface area contributed by atoms with Crippen LogP contribution in [0, 0.1) is 0 Å². The van der Waals surface area contributed by atoms with Crippen molar-refractivity contribution in [1.29, 1.82) is 0 Å². The first kappa shape index (κ1) is 11.1. The Kier molecular flexibility index (Phi) is 5.13. The first-order chi connectivity index (χ1) is 6.86. The lowest BCUT2D eigenvalue weighted by atomic mass is 10.4. The van der Waals surface area contributed by atoms with Crippen molar-refractivity contribution in [3.8, 4) is 0 Å². The highest BCUT2D eigenvalue weighted by atomic mass is 16.5. The molecule has 0 saturated carbocycles. The molecule has 0 amide bonds. The monoisotopic (exact) mass is 201 g/mol. The van der Waals surface area contributed by atoms with Gasteiger partial charge in [0.25, 0.3) is 0 Å². The van der Waals surface area contributed by atoms with Gasteiger partial charge in [-0.05, 0) is 0 Å². The molecule has 0 aromatic carbocycles. The maximum atomic E-state index is 8.82. The summed E-state index contributed by atoms with van der Waals surface area (Å²) in [6.45, 7) is 2.58. The fraction of sp³-hybridized carbons (Fsp3) is 0.750. The Balaban J connectivity index is 2.34. The van der Waals surface area contributed by atoms with Crippen LogP contribution in [0.1, 0.15) is 5.89 Å². The summed E-state index contributed by atoms with van der Waals surface area (Å²) < 4.78 is 9.81. The number of aliphatic hydroxyl groups excluding tert-OH is 1. The molecule has 1 aromatic rings. The van der Waals surface area contributed by atoms with E-state index in [1.54, 1.807) is 7.11 Å². The van der Waals surface area contributed by atoms with Gasteiger partial charge in [-0.2, -0.15) is 4.98 Å². The van der Waals surface area contributed by atoms with Crippen LogP contribution >= 0.6 is 0 Å². The van der Waals surface area contributed by atoms with Crippen molar-refractivity contribution in [1.82, 2.24) is 15.0 Å². The van der Waals surface area contributed by atoms with Crippen molar-refractivity contribution in [2.24, 2.45) is 0 Å². The second-order valence-corrected chi connectivity index (χ2v) is 2.83. The van der Waals surface area contributed by atoms with Crippen molar-refractivity contribution in [3.05, 3.63) is 12.2 Å². The van der Waals surface area contributed by atoms with Gasteiger partial charge in [0.1, 0.15) is 0 Å². The van der Waals surface area contributed by atoms with E-state index in [1.807, 2.05) is 4.90 Å². The number of ether oxygens (including phenoxy) is 1. The number of aliphatic hydroxyl groups is 1. The summed E-state index contributed by atoms with van der Waals surface area (Å²) in [6, 6.07) is 0. The number of aromatic nitrogens is 2. The second-order valence-electron chi connectivity index (χ2n) is 2.83. The Morgan fingerprint density at radius 3 is 3.00 bits per heavy atom. The molecule has 1 rings (SSSR count). The van der Waals surface area contributed by atoms with Gasteiger partial charge >= 0.3 is 0 Å². The molecule has 0 fully saturated rings. The molecular formula is C8H15N3O3. The van der Waals surface area contributed by atoms with Gasteiger partial charge in [-0.25, -0.2) is 0 Å². The first-order valence-corrected chi connectivity index (χ1v) is 4.44. The molecular weight excluding hydrogens is 186 g/mol. The normalized spacial score (nSPS) is 11.1. The van der Waals surface area contributed by atoms with Crippen LogP contribution in [-0.2, 0) is 11.3 Å². The van der Waals surface area contributed by atoms with E-state index in [0.717, 1.165) is 6.54 Å². The van der Waals surface area contributed by atoms with E-state index in [-0.39, 0.29) is 6.61 Å². The molecule has 0 atom stereocenters. The number of hydrogen-bond acceptors (Lipinski definition) is 6. The summed E-state index contributed by atoms with van der Waals surface area (Å²) in [5.41, 5.74) is 0. The molecule has 0 saturated heterocycles. The van der Waals surface area contributed by atoms with Gasteiger partial charge in [-0.1, -0.05) is 5.16 Å². The molecule has 0 unspecified atom stereocenters. The SMILES string of the molecule is COCCN(CCO)Cc1ncno1. The molecule has 14 heavy (non-hydrogen) atoms. The third kappa shape index (κ3) is 3.82.